The highest BCUT2D eigenvalue weighted by molar-refractivity contribution is 6.30. The van der Waals surface area contributed by atoms with Gasteiger partial charge in [-0.1, -0.05) is 11.6 Å². The standard InChI is InChI=1S/C16H22ClN3O3/c1-10-7-12(17)8-11(2)15(10)19-16(23)18-13-3-5-20(6-4-13)9-14(21)22/h7-8,13H,3-6,9H2,1-2H3,(H,21,22)(H2,18,19,23). The molecule has 0 atom stereocenters. The van der Waals surface area contributed by atoms with Crippen molar-refractivity contribution in [1.29, 1.82) is 0 Å². The van der Waals surface area contributed by atoms with Crippen LogP contribution in [0.3, 0.4) is 0 Å². The Hall–Kier alpha value is -1.79. The fourth-order valence-corrected chi connectivity index (χ4v) is 3.20. The Bertz CT molecular complexity index is 575. The van der Waals surface area contributed by atoms with Crippen molar-refractivity contribution in [3.05, 3.63) is 28.3 Å². The summed E-state index contributed by atoms with van der Waals surface area (Å²) in [5.74, 6) is -0.817. The van der Waals surface area contributed by atoms with Crippen LogP contribution >= 0.6 is 11.6 Å². The molecule has 0 radical (unpaired) electrons. The van der Waals surface area contributed by atoms with E-state index in [-0.39, 0.29) is 18.6 Å². The highest BCUT2D eigenvalue weighted by Gasteiger charge is 2.22. The predicted molar refractivity (Wildman–Crippen MR) is 90.2 cm³/mol. The molecule has 2 amide bonds. The van der Waals surface area contributed by atoms with Crippen molar-refractivity contribution in [1.82, 2.24) is 10.2 Å². The van der Waals surface area contributed by atoms with Gasteiger partial charge in [-0.05, 0) is 49.9 Å². The number of rotatable bonds is 4. The quantitative estimate of drug-likeness (QED) is 0.787. The first kappa shape index (κ1) is 17.6. The number of nitrogens with zero attached hydrogens (tertiary/aromatic N) is 1. The Kier molecular flexibility index (Phi) is 5.85. The van der Waals surface area contributed by atoms with Crippen LogP contribution in [0.15, 0.2) is 12.1 Å². The number of amides is 2. The third-order valence-corrected chi connectivity index (χ3v) is 4.24. The van der Waals surface area contributed by atoms with Crippen LogP contribution in [0.1, 0.15) is 24.0 Å². The van der Waals surface area contributed by atoms with Crippen molar-refractivity contribution in [2.75, 3.05) is 25.0 Å². The number of nitrogens with one attached hydrogen (secondary N) is 2. The molecule has 1 aliphatic rings. The SMILES string of the molecule is Cc1cc(Cl)cc(C)c1NC(=O)NC1CCN(CC(=O)O)CC1. The number of carboxylic acids is 1. The van der Waals surface area contributed by atoms with E-state index in [1.54, 1.807) is 0 Å². The van der Waals surface area contributed by atoms with Gasteiger partial charge in [0.05, 0.1) is 6.54 Å². The number of hydrogen-bond donors (Lipinski definition) is 3. The number of urea groups is 1. The average Bonchev–Trinajstić information content (AvgIpc) is 2.44. The van der Waals surface area contributed by atoms with E-state index in [0.29, 0.717) is 18.1 Å². The molecule has 2 rings (SSSR count). The van der Waals surface area contributed by atoms with E-state index in [1.165, 1.54) is 0 Å². The van der Waals surface area contributed by atoms with Gasteiger partial charge in [0.25, 0.3) is 0 Å². The lowest BCUT2D eigenvalue weighted by Gasteiger charge is -2.31. The van der Waals surface area contributed by atoms with Gasteiger partial charge < -0.3 is 15.7 Å². The lowest BCUT2D eigenvalue weighted by Crippen LogP contribution is -2.47. The van der Waals surface area contributed by atoms with Gasteiger partial charge >= 0.3 is 12.0 Å². The van der Waals surface area contributed by atoms with Crippen LogP contribution < -0.4 is 10.6 Å². The number of aryl methyl sites for hydroxylation is 2. The van der Waals surface area contributed by atoms with E-state index >= 15 is 0 Å². The van der Waals surface area contributed by atoms with Crippen LogP contribution in [0.25, 0.3) is 0 Å². The Morgan fingerprint density at radius 3 is 2.35 bits per heavy atom. The van der Waals surface area contributed by atoms with Crippen LogP contribution in [0.5, 0.6) is 0 Å². The number of carbonyl (C=O) groups is 2. The highest BCUT2D eigenvalue weighted by atomic mass is 35.5. The Morgan fingerprint density at radius 2 is 1.83 bits per heavy atom. The maximum atomic E-state index is 12.2. The van der Waals surface area contributed by atoms with Gasteiger partial charge in [0, 0.05) is 29.8 Å². The Balaban J connectivity index is 1.86. The minimum absolute atomic E-state index is 0.0576. The number of carbonyl (C=O) groups excluding carboxylic acids is 1. The van der Waals surface area contributed by atoms with Gasteiger partial charge in [0.1, 0.15) is 0 Å². The molecule has 1 heterocycles. The van der Waals surface area contributed by atoms with Crippen molar-refractivity contribution in [3.8, 4) is 0 Å². The highest BCUT2D eigenvalue weighted by Crippen LogP contribution is 2.24. The van der Waals surface area contributed by atoms with Crippen molar-refractivity contribution in [2.24, 2.45) is 0 Å². The van der Waals surface area contributed by atoms with E-state index in [2.05, 4.69) is 10.6 Å². The lowest BCUT2D eigenvalue weighted by atomic mass is 10.1. The van der Waals surface area contributed by atoms with E-state index in [4.69, 9.17) is 16.7 Å². The summed E-state index contributed by atoms with van der Waals surface area (Å²) in [7, 11) is 0. The molecular weight excluding hydrogens is 318 g/mol. The number of aliphatic carboxylic acids is 1. The summed E-state index contributed by atoms with van der Waals surface area (Å²) in [5.41, 5.74) is 2.61. The normalized spacial score (nSPS) is 16.1. The van der Waals surface area contributed by atoms with Crippen LogP contribution in [-0.2, 0) is 4.79 Å². The summed E-state index contributed by atoms with van der Waals surface area (Å²) in [5, 5.41) is 15.3. The van der Waals surface area contributed by atoms with Crippen molar-refractivity contribution in [3.63, 3.8) is 0 Å². The molecule has 0 bridgehead atoms. The second-order valence-electron chi connectivity index (χ2n) is 5.96. The van der Waals surface area contributed by atoms with Crippen molar-refractivity contribution in [2.45, 2.75) is 32.7 Å². The van der Waals surface area contributed by atoms with Crippen LogP contribution in [0.2, 0.25) is 5.02 Å². The molecule has 3 N–H and O–H groups in total. The number of likely N-dealkylation sites (tertiary alicyclic amines) is 1. The molecule has 23 heavy (non-hydrogen) atoms. The molecule has 126 valence electrons. The summed E-state index contributed by atoms with van der Waals surface area (Å²) in [6.07, 6.45) is 1.50. The predicted octanol–water partition coefficient (Wildman–Crippen LogP) is 2.63. The van der Waals surface area contributed by atoms with Crippen LogP contribution in [0, 0.1) is 13.8 Å². The molecule has 6 nitrogen and oxygen atoms in total. The summed E-state index contributed by atoms with van der Waals surface area (Å²) in [4.78, 5) is 24.7. The van der Waals surface area contributed by atoms with Gasteiger partial charge in [-0.3, -0.25) is 9.69 Å². The minimum atomic E-state index is -0.817. The van der Waals surface area contributed by atoms with Crippen LogP contribution in [-0.4, -0.2) is 47.7 Å². The van der Waals surface area contributed by atoms with Crippen molar-refractivity contribution >= 4 is 29.3 Å². The zero-order valence-corrected chi connectivity index (χ0v) is 14.1. The maximum absolute atomic E-state index is 12.2. The summed E-state index contributed by atoms with van der Waals surface area (Å²) < 4.78 is 0. The molecule has 7 heteroatoms. The largest absolute Gasteiger partial charge is 0.480 e. The zero-order valence-electron chi connectivity index (χ0n) is 13.4. The van der Waals surface area contributed by atoms with E-state index in [9.17, 15) is 9.59 Å². The molecular formula is C16H22ClN3O3. The maximum Gasteiger partial charge on any atom is 0.319 e. The van der Waals surface area contributed by atoms with Gasteiger partial charge in [-0.2, -0.15) is 0 Å². The first-order valence-corrected chi connectivity index (χ1v) is 8.01. The smallest absolute Gasteiger partial charge is 0.319 e. The minimum Gasteiger partial charge on any atom is -0.480 e. The Morgan fingerprint density at radius 1 is 1.26 bits per heavy atom. The number of halogens is 1. The van der Waals surface area contributed by atoms with Gasteiger partial charge in [-0.25, -0.2) is 4.79 Å². The topological polar surface area (TPSA) is 81.7 Å². The monoisotopic (exact) mass is 339 g/mol. The number of anilines is 1. The number of benzene rings is 1. The van der Waals surface area contributed by atoms with E-state index in [0.717, 1.165) is 29.7 Å². The Labute approximate surface area is 140 Å². The molecule has 1 aliphatic heterocycles. The lowest BCUT2D eigenvalue weighted by molar-refractivity contribution is -0.138. The molecule has 0 aromatic heterocycles. The van der Waals surface area contributed by atoms with Crippen LogP contribution in [0.4, 0.5) is 10.5 Å². The zero-order chi connectivity index (χ0) is 17.0. The molecule has 0 saturated carbocycles. The molecule has 1 aromatic rings. The molecule has 0 aliphatic carbocycles. The van der Waals surface area contributed by atoms with Gasteiger partial charge in [0.2, 0.25) is 0 Å². The second-order valence-corrected chi connectivity index (χ2v) is 6.39. The average molecular weight is 340 g/mol. The summed E-state index contributed by atoms with van der Waals surface area (Å²) >= 11 is 5.99. The second kappa shape index (κ2) is 7.66. The molecule has 0 unspecified atom stereocenters. The summed E-state index contributed by atoms with van der Waals surface area (Å²) in [6.45, 7) is 5.21. The fraction of sp³-hybridized carbons (Fsp3) is 0.500. The van der Waals surface area contributed by atoms with E-state index in [1.807, 2.05) is 30.9 Å². The number of carboxylic acid groups (broad SMARTS) is 1. The number of piperidine rings is 1. The molecule has 0 spiro atoms. The third kappa shape index (κ3) is 5.11. The molecule has 1 aromatic carbocycles. The third-order valence-electron chi connectivity index (χ3n) is 4.02. The summed E-state index contributed by atoms with van der Waals surface area (Å²) in [6, 6.07) is 3.45. The molecule has 1 saturated heterocycles. The van der Waals surface area contributed by atoms with Gasteiger partial charge in [-0.15, -0.1) is 0 Å². The first-order valence-electron chi connectivity index (χ1n) is 7.63. The number of hydrogen-bond acceptors (Lipinski definition) is 3. The molecule has 1 fully saturated rings. The first-order chi connectivity index (χ1) is 10.8. The van der Waals surface area contributed by atoms with Gasteiger partial charge in [0.15, 0.2) is 0 Å². The van der Waals surface area contributed by atoms with Crippen molar-refractivity contribution < 1.29 is 14.7 Å². The van der Waals surface area contributed by atoms with E-state index < -0.39 is 5.97 Å². The fourth-order valence-electron chi connectivity index (χ4n) is 2.87.